The Balaban J connectivity index is 2.65. The maximum Gasteiger partial charge on any atom is 0.321 e. The molecule has 0 aliphatic carbocycles. The van der Waals surface area contributed by atoms with Gasteiger partial charge in [0.2, 0.25) is 0 Å². The molecule has 0 spiro atoms. The van der Waals surface area contributed by atoms with Crippen molar-refractivity contribution in [2.75, 3.05) is 12.4 Å². The molecule has 0 bridgehead atoms. The van der Waals surface area contributed by atoms with Crippen LogP contribution >= 0.6 is 28.8 Å². The lowest BCUT2D eigenvalue weighted by Gasteiger charge is -2.17. The predicted octanol–water partition coefficient (Wildman–Crippen LogP) is 4.27. The van der Waals surface area contributed by atoms with Gasteiger partial charge in [-0.1, -0.05) is 35.2 Å². The molecule has 18 heavy (non-hydrogen) atoms. The smallest absolute Gasteiger partial charge is 0.321 e. The Kier molecular flexibility index (Phi) is 7.24. The summed E-state index contributed by atoms with van der Waals surface area (Å²) in [6.45, 7) is 8.54. The van der Waals surface area contributed by atoms with Crippen LogP contribution in [0.3, 0.4) is 0 Å². The highest BCUT2D eigenvalue weighted by Gasteiger charge is 2.23. The minimum absolute atomic E-state index is 0.209. The van der Waals surface area contributed by atoms with Crippen LogP contribution in [0.2, 0.25) is 0 Å². The maximum absolute atomic E-state index is 5.56. The second kappa shape index (κ2) is 7.90. The average molecular weight is 326 g/mol. The quantitative estimate of drug-likeness (QED) is 0.516. The SMILES string of the molecule is CCCSP(=S)(OCC)ON=C1SC(C)N=C1C. The van der Waals surface area contributed by atoms with Gasteiger partial charge in [0.1, 0.15) is 0 Å². The molecule has 0 saturated heterocycles. The summed E-state index contributed by atoms with van der Waals surface area (Å²) in [5, 5.41) is 5.17. The van der Waals surface area contributed by atoms with Crippen LogP contribution in [0.15, 0.2) is 10.1 Å². The van der Waals surface area contributed by atoms with Gasteiger partial charge in [-0.05, 0) is 39.0 Å². The van der Waals surface area contributed by atoms with E-state index in [9.17, 15) is 0 Å². The summed E-state index contributed by atoms with van der Waals surface area (Å²) in [7, 11) is 0. The Hall–Kier alpha value is 0.450. The molecule has 1 rings (SSSR count). The molecule has 0 aromatic rings. The van der Waals surface area contributed by atoms with Crippen molar-refractivity contribution in [2.45, 2.75) is 39.5 Å². The minimum atomic E-state index is -2.34. The predicted molar refractivity (Wildman–Crippen MR) is 87.3 cm³/mol. The molecule has 0 amide bonds. The van der Waals surface area contributed by atoms with Gasteiger partial charge in [0.05, 0.1) is 17.7 Å². The fourth-order valence-corrected chi connectivity index (χ4v) is 6.27. The van der Waals surface area contributed by atoms with Crippen LogP contribution in [0.25, 0.3) is 0 Å². The van der Waals surface area contributed by atoms with E-state index in [0.717, 1.165) is 22.9 Å². The average Bonchev–Trinajstić information content (AvgIpc) is 2.63. The summed E-state index contributed by atoms with van der Waals surface area (Å²) in [6, 6.07) is 0. The van der Waals surface area contributed by atoms with Gasteiger partial charge >= 0.3 is 5.69 Å². The van der Waals surface area contributed by atoms with Gasteiger partial charge < -0.3 is 9.15 Å². The van der Waals surface area contributed by atoms with Crippen LogP contribution in [-0.2, 0) is 21.0 Å². The second-order valence-electron chi connectivity index (χ2n) is 3.61. The number of thioether (sulfide) groups is 1. The molecule has 0 aromatic heterocycles. The summed E-state index contributed by atoms with van der Waals surface area (Å²) in [4.78, 5) is 4.38. The van der Waals surface area contributed by atoms with Crippen molar-refractivity contribution in [3.05, 3.63) is 0 Å². The van der Waals surface area contributed by atoms with E-state index in [1.165, 1.54) is 0 Å². The summed E-state index contributed by atoms with van der Waals surface area (Å²) in [5.74, 6) is 0.929. The Labute approximate surface area is 122 Å². The van der Waals surface area contributed by atoms with E-state index in [4.69, 9.17) is 21.0 Å². The van der Waals surface area contributed by atoms with E-state index in [2.05, 4.69) is 17.1 Å². The highest BCUT2D eigenvalue weighted by Crippen LogP contribution is 2.61. The Morgan fingerprint density at radius 2 is 2.28 bits per heavy atom. The third-order valence-corrected chi connectivity index (χ3v) is 8.21. The lowest BCUT2D eigenvalue weighted by atomic mass is 10.5. The zero-order valence-electron chi connectivity index (χ0n) is 11.1. The minimum Gasteiger partial charge on any atom is -0.328 e. The molecular formula is C10H19N2O2PS3. The van der Waals surface area contributed by atoms with E-state index in [-0.39, 0.29) is 5.37 Å². The first kappa shape index (κ1) is 16.5. The molecule has 8 heteroatoms. The molecule has 1 heterocycles. The third-order valence-electron chi connectivity index (χ3n) is 1.93. The molecule has 4 nitrogen and oxygen atoms in total. The summed E-state index contributed by atoms with van der Waals surface area (Å²) < 4.78 is 11.1. The van der Waals surface area contributed by atoms with Crippen LogP contribution in [0.1, 0.15) is 34.1 Å². The van der Waals surface area contributed by atoms with E-state index in [1.54, 1.807) is 23.1 Å². The van der Waals surface area contributed by atoms with E-state index in [0.29, 0.717) is 6.61 Å². The number of hydrogen-bond donors (Lipinski definition) is 0. The van der Waals surface area contributed by atoms with Crippen molar-refractivity contribution in [3.8, 4) is 0 Å². The Morgan fingerprint density at radius 3 is 2.78 bits per heavy atom. The summed E-state index contributed by atoms with van der Waals surface area (Å²) >= 11 is 8.59. The number of nitrogens with zero attached hydrogens (tertiary/aromatic N) is 2. The van der Waals surface area contributed by atoms with Crippen LogP contribution in [0, 0.1) is 0 Å². The number of oxime groups is 1. The number of hydrogen-bond acceptors (Lipinski definition) is 7. The van der Waals surface area contributed by atoms with Gasteiger partial charge in [0.25, 0.3) is 0 Å². The lowest BCUT2D eigenvalue weighted by molar-refractivity contribution is 0.281. The fraction of sp³-hybridized carbons (Fsp3) is 0.800. The molecule has 2 unspecified atom stereocenters. The van der Waals surface area contributed by atoms with Gasteiger partial charge in [-0.3, -0.25) is 4.99 Å². The normalized spacial score (nSPS) is 25.0. The lowest BCUT2D eigenvalue weighted by Crippen LogP contribution is -2.01. The van der Waals surface area contributed by atoms with Crippen molar-refractivity contribution >= 4 is 51.4 Å². The fourth-order valence-electron chi connectivity index (χ4n) is 1.22. The molecule has 0 aromatic carbocycles. The largest absolute Gasteiger partial charge is 0.328 e. The van der Waals surface area contributed by atoms with E-state index < -0.39 is 5.69 Å². The van der Waals surface area contributed by atoms with Crippen molar-refractivity contribution in [3.63, 3.8) is 0 Å². The van der Waals surface area contributed by atoms with Crippen LogP contribution in [0.5, 0.6) is 0 Å². The maximum atomic E-state index is 5.56. The van der Waals surface area contributed by atoms with Crippen LogP contribution in [-0.4, -0.2) is 28.5 Å². The Bertz CT molecular complexity index is 387. The zero-order chi connectivity index (χ0) is 13.6. The molecule has 1 aliphatic rings. The first-order valence-corrected chi connectivity index (χ1v) is 11.0. The zero-order valence-corrected chi connectivity index (χ0v) is 14.4. The van der Waals surface area contributed by atoms with Crippen molar-refractivity contribution in [1.29, 1.82) is 0 Å². The topological polar surface area (TPSA) is 43.2 Å². The third kappa shape index (κ3) is 5.21. The molecule has 0 N–H and O–H groups in total. The van der Waals surface area contributed by atoms with Crippen molar-refractivity contribution < 1.29 is 9.15 Å². The Morgan fingerprint density at radius 1 is 1.56 bits per heavy atom. The standard InChI is InChI=1S/C10H19N2O2PS3/c1-5-7-17-15(16,13-6-2)14-12-10-8(3)11-9(4)18-10/h9H,5-7H2,1-4H3. The molecule has 104 valence electrons. The van der Waals surface area contributed by atoms with Gasteiger partial charge in [-0.15, -0.1) is 0 Å². The molecule has 0 fully saturated rings. The van der Waals surface area contributed by atoms with Gasteiger partial charge in [-0.2, -0.15) is 0 Å². The summed E-state index contributed by atoms with van der Waals surface area (Å²) in [5.41, 5.74) is -1.43. The van der Waals surface area contributed by atoms with Gasteiger partial charge in [0, 0.05) is 5.75 Å². The van der Waals surface area contributed by atoms with Gasteiger partial charge in [0.15, 0.2) is 5.04 Å². The van der Waals surface area contributed by atoms with Gasteiger partial charge in [-0.25, -0.2) is 0 Å². The first-order chi connectivity index (χ1) is 8.50. The number of aliphatic imine (C=N–C) groups is 1. The molecule has 2 atom stereocenters. The van der Waals surface area contributed by atoms with Crippen LogP contribution < -0.4 is 0 Å². The molecule has 0 radical (unpaired) electrons. The highest BCUT2D eigenvalue weighted by molar-refractivity contribution is 8.67. The molecular weight excluding hydrogens is 307 g/mol. The molecule has 0 saturated carbocycles. The first-order valence-electron chi connectivity index (χ1n) is 5.88. The van der Waals surface area contributed by atoms with E-state index in [1.807, 2.05) is 20.8 Å². The van der Waals surface area contributed by atoms with Crippen molar-refractivity contribution in [2.24, 2.45) is 10.1 Å². The van der Waals surface area contributed by atoms with Crippen molar-refractivity contribution in [1.82, 2.24) is 0 Å². The van der Waals surface area contributed by atoms with Crippen LogP contribution in [0.4, 0.5) is 0 Å². The summed E-state index contributed by atoms with van der Waals surface area (Å²) in [6.07, 6.45) is 1.04. The number of rotatable bonds is 7. The second-order valence-corrected chi connectivity index (χ2v) is 11.2. The highest BCUT2D eigenvalue weighted by atomic mass is 32.9. The molecule has 1 aliphatic heterocycles. The monoisotopic (exact) mass is 326 g/mol. The van der Waals surface area contributed by atoms with E-state index >= 15 is 0 Å².